The van der Waals surface area contributed by atoms with Crippen LogP contribution in [0.25, 0.3) is 0 Å². The summed E-state index contributed by atoms with van der Waals surface area (Å²) in [6.45, 7) is 15.0. The zero-order chi connectivity index (χ0) is 15.5. The highest BCUT2D eigenvalue weighted by atomic mass is 15.3. The van der Waals surface area contributed by atoms with Gasteiger partial charge in [0, 0.05) is 18.6 Å². The van der Waals surface area contributed by atoms with Crippen LogP contribution in [-0.4, -0.2) is 30.1 Å². The van der Waals surface area contributed by atoms with Crippen molar-refractivity contribution in [2.24, 2.45) is 5.92 Å². The Morgan fingerprint density at radius 2 is 1.81 bits per heavy atom. The summed E-state index contributed by atoms with van der Waals surface area (Å²) in [6, 6.07) is 11.0. The molecule has 1 saturated heterocycles. The van der Waals surface area contributed by atoms with Crippen LogP contribution in [0.4, 0.5) is 0 Å². The molecule has 1 fully saturated rings. The molecule has 1 heterocycles. The second kappa shape index (κ2) is 6.50. The highest BCUT2D eigenvalue weighted by Crippen LogP contribution is 2.33. The lowest BCUT2D eigenvalue weighted by atomic mass is 9.84. The molecule has 0 radical (unpaired) electrons. The van der Waals surface area contributed by atoms with Crippen LogP contribution in [0.3, 0.4) is 0 Å². The van der Waals surface area contributed by atoms with Gasteiger partial charge in [-0.3, -0.25) is 4.90 Å². The van der Waals surface area contributed by atoms with Crippen LogP contribution >= 0.6 is 0 Å². The van der Waals surface area contributed by atoms with Crippen molar-refractivity contribution in [2.45, 2.75) is 58.5 Å². The van der Waals surface area contributed by atoms with E-state index in [0.717, 1.165) is 19.0 Å². The van der Waals surface area contributed by atoms with Gasteiger partial charge in [0.2, 0.25) is 0 Å². The van der Waals surface area contributed by atoms with Gasteiger partial charge in [0.25, 0.3) is 0 Å². The third-order valence-corrected chi connectivity index (χ3v) is 4.80. The topological polar surface area (TPSA) is 15.3 Å². The van der Waals surface area contributed by atoms with Crippen LogP contribution in [0.5, 0.6) is 0 Å². The van der Waals surface area contributed by atoms with E-state index in [1.807, 2.05) is 0 Å². The first-order valence-electron chi connectivity index (χ1n) is 8.39. The standard InChI is InChI=1S/C19H32N2/c1-16(2)10-9-13-21-15-18(3,4)20-14-19(21,5)17-11-7-6-8-12-17/h6-8,11-12,16,20H,9-10,13-15H2,1-5H3. The number of nitrogens with one attached hydrogen (secondary N) is 1. The minimum Gasteiger partial charge on any atom is -0.308 e. The van der Waals surface area contributed by atoms with Crippen molar-refractivity contribution in [1.82, 2.24) is 10.2 Å². The van der Waals surface area contributed by atoms with Crippen molar-refractivity contribution in [2.75, 3.05) is 19.6 Å². The summed E-state index contributed by atoms with van der Waals surface area (Å²) < 4.78 is 0. The third kappa shape index (κ3) is 4.08. The molecule has 0 spiro atoms. The lowest BCUT2D eigenvalue weighted by Crippen LogP contribution is -2.65. The summed E-state index contributed by atoms with van der Waals surface area (Å²) in [6.07, 6.45) is 2.60. The number of hydrogen-bond donors (Lipinski definition) is 1. The Morgan fingerprint density at radius 1 is 1.14 bits per heavy atom. The lowest BCUT2D eigenvalue weighted by Gasteiger charge is -2.51. The first kappa shape index (κ1) is 16.5. The van der Waals surface area contributed by atoms with E-state index in [2.05, 4.69) is 75.2 Å². The molecule has 21 heavy (non-hydrogen) atoms. The Morgan fingerprint density at radius 3 is 2.43 bits per heavy atom. The molecule has 2 rings (SSSR count). The lowest BCUT2D eigenvalue weighted by molar-refractivity contribution is 0.0223. The molecule has 1 atom stereocenters. The molecule has 1 N–H and O–H groups in total. The first-order chi connectivity index (χ1) is 9.83. The Kier molecular flexibility index (Phi) is 5.11. The average molecular weight is 288 g/mol. The fourth-order valence-electron chi connectivity index (χ4n) is 3.33. The second-order valence-electron chi connectivity index (χ2n) is 7.83. The quantitative estimate of drug-likeness (QED) is 0.880. The van der Waals surface area contributed by atoms with Crippen molar-refractivity contribution in [1.29, 1.82) is 0 Å². The molecule has 2 nitrogen and oxygen atoms in total. The van der Waals surface area contributed by atoms with Crippen LogP contribution in [-0.2, 0) is 5.54 Å². The molecule has 1 unspecified atom stereocenters. The maximum atomic E-state index is 3.73. The molecule has 0 bridgehead atoms. The molecule has 1 aliphatic heterocycles. The third-order valence-electron chi connectivity index (χ3n) is 4.80. The molecule has 1 aromatic carbocycles. The smallest absolute Gasteiger partial charge is 0.0558 e. The number of hydrogen-bond acceptors (Lipinski definition) is 2. The first-order valence-corrected chi connectivity index (χ1v) is 8.39. The Labute approximate surface area is 130 Å². The summed E-state index contributed by atoms with van der Waals surface area (Å²) >= 11 is 0. The van der Waals surface area contributed by atoms with E-state index in [1.165, 1.54) is 24.9 Å². The molecular weight excluding hydrogens is 256 g/mol. The van der Waals surface area contributed by atoms with Gasteiger partial charge >= 0.3 is 0 Å². The van der Waals surface area contributed by atoms with Crippen molar-refractivity contribution in [3.63, 3.8) is 0 Å². The largest absolute Gasteiger partial charge is 0.308 e. The van der Waals surface area contributed by atoms with Gasteiger partial charge in [0.1, 0.15) is 0 Å². The van der Waals surface area contributed by atoms with Gasteiger partial charge in [-0.25, -0.2) is 0 Å². The number of piperazine rings is 1. The van der Waals surface area contributed by atoms with Gasteiger partial charge in [-0.05, 0) is 51.6 Å². The fourth-order valence-corrected chi connectivity index (χ4v) is 3.33. The predicted molar refractivity (Wildman–Crippen MR) is 91.5 cm³/mol. The molecule has 2 heteroatoms. The second-order valence-corrected chi connectivity index (χ2v) is 7.83. The van der Waals surface area contributed by atoms with Gasteiger partial charge in [-0.15, -0.1) is 0 Å². The highest BCUT2D eigenvalue weighted by Gasteiger charge is 2.41. The monoisotopic (exact) mass is 288 g/mol. The Bertz CT molecular complexity index is 438. The molecule has 0 aliphatic carbocycles. The molecule has 118 valence electrons. The summed E-state index contributed by atoms with van der Waals surface area (Å²) in [7, 11) is 0. The van der Waals surface area contributed by atoms with E-state index >= 15 is 0 Å². The van der Waals surface area contributed by atoms with Crippen LogP contribution in [0, 0.1) is 5.92 Å². The summed E-state index contributed by atoms with van der Waals surface area (Å²) in [5.41, 5.74) is 1.73. The van der Waals surface area contributed by atoms with Crippen LogP contribution in [0.2, 0.25) is 0 Å². The van der Waals surface area contributed by atoms with Crippen molar-refractivity contribution in [3.05, 3.63) is 35.9 Å². The molecule has 0 aromatic heterocycles. The normalized spacial score (nSPS) is 26.2. The zero-order valence-corrected chi connectivity index (χ0v) is 14.4. The van der Waals surface area contributed by atoms with Gasteiger partial charge in [-0.1, -0.05) is 44.2 Å². The summed E-state index contributed by atoms with van der Waals surface area (Å²) in [4.78, 5) is 2.70. The van der Waals surface area contributed by atoms with E-state index < -0.39 is 0 Å². The summed E-state index contributed by atoms with van der Waals surface area (Å²) in [5, 5.41) is 3.73. The minimum atomic E-state index is 0.105. The highest BCUT2D eigenvalue weighted by molar-refractivity contribution is 5.26. The SMILES string of the molecule is CC(C)CCCN1CC(C)(C)NCC1(C)c1ccccc1. The average Bonchev–Trinajstić information content (AvgIpc) is 2.43. The Balaban J connectivity index is 2.16. The molecule has 0 saturated carbocycles. The van der Waals surface area contributed by atoms with E-state index in [9.17, 15) is 0 Å². The van der Waals surface area contributed by atoms with Crippen LogP contribution < -0.4 is 5.32 Å². The van der Waals surface area contributed by atoms with Gasteiger partial charge in [0.05, 0.1) is 5.54 Å². The van der Waals surface area contributed by atoms with E-state index in [4.69, 9.17) is 0 Å². The van der Waals surface area contributed by atoms with Crippen molar-refractivity contribution < 1.29 is 0 Å². The zero-order valence-electron chi connectivity index (χ0n) is 14.4. The van der Waals surface area contributed by atoms with Crippen LogP contribution in [0.15, 0.2) is 30.3 Å². The number of benzene rings is 1. The summed E-state index contributed by atoms with van der Waals surface area (Å²) in [5.74, 6) is 0.795. The maximum Gasteiger partial charge on any atom is 0.0558 e. The van der Waals surface area contributed by atoms with Gasteiger partial charge < -0.3 is 5.32 Å². The van der Waals surface area contributed by atoms with E-state index in [-0.39, 0.29) is 11.1 Å². The van der Waals surface area contributed by atoms with Crippen molar-refractivity contribution in [3.8, 4) is 0 Å². The minimum absolute atomic E-state index is 0.105. The number of rotatable bonds is 5. The fraction of sp³-hybridized carbons (Fsp3) is 0.684. The number of nitrogens with zero attached hydrogens (tertiary/aromatic N) is 1. The van der Waals surface area contributed by atoms with E-state index in [1.54, 1.807) is 0 Å². The molecule has 1 aliphatic rings. The van der Waals surface area contributed by atoms with Crippen molar-refractivity contribution >= 4 is 0 Å². The molecule has 0 amide bonds. The van der Waals surface area contributed by atoms with Crippen LogP contribution in [0.1, 0.15) is 53.0 Å². The Hall–Kier alpha value is -0.860. The van der Waals surface area contributed by atoms with E-state index in [0.29, 0.717) is 0 Å². The molecular formula is C19H32N2. The van der Waals surface area contributed by atoms with Gasteiger partial charge in [0.15, 0.2) is 0 Å². The maximum absolute atomic E-state index is 3.73. The predicted octanol–water partition coefficient (Wildman–Crippen LogP) is 4.02. The van der Waals surface area contributed by atoms with Gasteiger partial charge in [-0.2, -0.15) is 0 Å². The molecule has 1 aromatic rings.